The zero-order valence-corrected chi connectivity index (χ0v) is 11.0. The first-order valence-electron chi connectivity index (χ1n) is 5.19. The molecule has 86 valence electrons. The monoisotopic (exact) mass is 275 g/mol. The van der Waals surface area contributed by atoms with E-state index in [4.69, 9.17) is 4.74 Å². The number of halogens is 1. The summed E-state index contributed by atoms with van der Waals surface area (Å²) in [4.78, 5) is 11.9. The third-order valence-electron chi connectivity index (χ3n) is 2.01. The molecule has 0 fully saturated rings. The Hall–Kier alpha value is -0.510. The molecule has 1 rings (SSSR count). The number of alkyl halides is 1. The first-order chi connectivity index (χ1) is 6.87. The van der Waals surface area contributed by atoms with Crippen molar-refractivity contribution in [2.75, 3.05) is 0 Å². The fourth-order valence-corrected chi connectivity index (χ4v) is 1.81. The first kappa shape index (κ1) is 12.6. The molecule has 0 spiro atoms. The maximum atomic E-state index is 11.4. The van der Waals surface area contributed by atoms with Gasteiger partial charge in [-0.15, -0.1) is 0 Å². The van der Waals surface area contributed by atoms with E-state index >= 15 is 0 Å². The Labute approximate surface area is 99.4 Å². The number of alkyl carbamates (subject to hydrolysis) is 1. The Morgan fingerprint density at radius 3 is 2.53 bits per heavy atom. The molecular weight excluding hydrogens is 258 g/mol. The molecule has 0 aromatic rings. The minimum absolute atomic E-state index is 0.105. The number of carbonyl (C=O) groups excluding carboxylic acids is 1. The van der Waals surface area contributed by atoms with Crippen molar-refractivity contribution < 1.29 is 9.53 Å². The number of carbonyl (C=O) groups is 1. The zero-order valence-electron chi connectivity index (χ0n) is 9.42. The molecule has 4 heteroatoms. The molecule has 1 aliphatic rings. The van der Waals surface area contributed by atoms with Crippen LogP contribution < -0.4 is 5.32 Å². The fraction of sp³-hybridized carbons (Fsp3) is 0.727. The first-order valence-corrected chi connectivity index (χ1v) is 6.10. The van der Waals surface area contributed by atoms with Crippen molar-refractivity contribution in [1.82, 2.24) is 5.32 Å². The van der Waals surface area contributed by atoms with E-state index in [-0.39, 0.29) is 12.1 Å². The van der Waals surface area contributed by atoms with E-state index in [2.05, 4.69) is 27.3 Å². The van der Waals surface area contributed by atoms with Crippen molar-refractivity contribution in [3.63, 3.8) is 0 Å². The molecule has 0 saturated heterocycles. The van der Waals surface area contributed by atoms with Crippen molar-refractivity contribution in [2.24, 2.45) is 0 Å². The van der Waals surface area contributed by atoms with Gasteiger partial charge in [0.1, 0.15) is 5.60 Å². The molecular formula is C11H18BrNO2. The summed E-state index contributed by atoms with van der Waals surface area (Å²) in [6.07, 6.45) is 5.71. The van der Waals surface area contributed by atoms with Crippen molar-refractivity contribution >= 4 is 22.0 Å². The van der Waals surface area contributed by atoms with Crippen LogP contribution in [0.3, 0.4) is 0 Å². The maximum Gasteiger partial charge on any atom is 0.408 e. The Morgan fingerprint density at radius 1 is 1.40 bits per heavy atom. The fourth-order valence-electron chi connectivity index (χ4n) is 1.37. The lowest BCUT2D eigenvalue weighted by molar-refractivity contribution is 0.0511. The van der Waals surface area contributed by atoms with Crippen LogP contribution in [0.15, 0.2) is 12.2 Å². The van der Waals surface area contributed by atoms with E-state index in [1.807, 2.05) is 26.8 Å². The van der Waals surface area contributed by atoms with Crippen molar-refractivity contribution in [2.45, 2.75) is 50.1 Å². The lowest BCUT2D eigenvalue weighted by atomic mass is 10.0. The molecule has 0 heterocycles. The molecule has 0 aromatic carbocycles. The normalized spacial score (nSPS) is 26.1. The molecule has 0 saturated carbocycles. The van der Waals surface area contributed by atoms with Gasteiger partial charge in [-0.3, -0.25) is 0 Å². The third kappa shape index (κ3) is 5.21. The zero-order chi connectivity index (χ0) is 11.5. The second-order valence-corrected chi connectivity index (χ2v) is 5.91. The van der Waals surface area contributed by atoms with Gasteiger partial charge in [-0.1, -0.05) is 28.1 Å². The van der Waals surface area contributed by atoms with E-state index in [0.29, 0.717) is 4.83 Å². The van der Waals surface area contributed by atoms with Crippen LogP contribution in [0.4, 0.5) is 4.79 Å². The van der Waals surface area contributed by atoms with Gasteiger partial charge in [-0.05, 0) is 33.6 Å². The number of allylic oxidation sites excluding steroid dienone is 1. The van der Waals surface area contributed by atoms with Crippen molar-refractivity contribution in [3.05, 3.63) is 12.2 Å². The Morgan fingerprint density at radius 2 is 2.07 bits per heavy atom. The molecule has 0 bridgehead atoms. The number of ether oxygens (including phenoxy) is 1. The Balaban J connectivity index is 2.36. The number of hydrogen-bond acceptors (Lipinski definition) is 2. The predicted octanol–water partition coefficient (Wildman–Crippen LogP) is 2.99. The van der Waals surface area contributed by atoms with Crippen LogP contribution in [0.1, 0.15) is 33.6 Å². The second kappa shape index (κ2) is 5.01. The Bertz CT molecular complexity index is 258. The summed E-state index contributed by atoms with van der Waals surface area (Å²) in [6.45, 7) is 5.58. The molecule has 3 nitrogen and oxygen atoms in total. The second-order valence-electron chi connectivity index (χ2n) is 4.73. The molecule has 0 aromatic heterocycles. The summed E-state index contributed by atoms with van der Waals surface area (Å²) in [5, 5.41) is 2.83. The van der Waals surface area contributed by atoms with Gasteiger partial charge >= 0.3 is 6.09 Å². The van der Waals surface area contributed by atoms with Gasteiger partial charge in [-0.2, -0.15) is 0 Å². The van der Waals surface area contributed by atoms with E-state index in [9.17, 15) is 4.79 Å². The van der Waals surface area contributed by atoms with Crippen LogP contribution in [0.2, 0.25) is 0 Å². The number of hydrogen-bond donors (Lipinski definition) is 1. The van der Waals surface area contributed by atoms with E-state index in [1.165, 1.54) is 0 Å². The maximum absolute atomic E-state index is 11.4. The largest absolute Gasteiger partial charge is 0.444 e. The third-order valence-corrected chi connectivity index (χ3v) is 2.77. The average molecular weight is 276 g/mol. The van der Waals surface area contributed by atoms with E-state index in [1.54, 1.807) is 0 Å². The summed E-state index contributed by atoms with van der Waals surface area (Å²) >= 11 is 3.50. The lowest BCUT2D eigenvalue weighted by Crippen LogP contribution is -2.39. The summed E-state index contributed by atoms with van der Waals surface area (Å²) in [5.74, 6) is 0. The molecule has 1 amide bonds. The van der Waals surface area contributed by atoms with Gasteiger partial charge in [0.05, 0.1) is 6.04 Å². The SMILES string of the molecule is CC(C)(C)OC(=O)N[C@@H]1C=C[C@@H](Br)CC1. The summed E-state index contributed by atoms with van der Waals surface area (Å²) in [5.41, 5.74) is -0.430. The van der Waals surface area contributed by atoms with Gasteiger partial charge in [-0.25, -0.2) is 4.79 Å². The quantitative estimate of drug-likeness (QED) is 0.590. The van der Waals surface area contributed by atoms with Gasteiger partial charge < -0.3 is 10.1 Å². The highest BCUT2D eigenvalue weighted by atomic mass is 79.9. The van der Waals surface area contributed by atoms with E-state index in [0.717, 1.165) is 12.8 Å². The molecule has 2 atom stereocenters. The standard InChI is InChI=1S/C11H18BrNO2/c1-11(2,3)15-10(14)13-9-6-4-8(12)5-7-9/h4,6,8-9H,5,7H2,1-3H3,(H,13,14)/t8-,9-/m1/s1. The smallest absolute Gasteiger partial charge is 0.408 e. The van der Waals surface area contributed by atoms with E-state index < -0.39 is 5.60 Å². The molecule has 0 aliphatic heterocycles. The van der Waals surface area contributed by atoms with Crippen LogP contribution in [0, 0.1) is 0 Å². The van der Waals surface area contributed by atoms with Crippen LogP contribution in [0.5, 0.6) is 0 Å². The van der Waals surface area contributed by atoms with Gasteiger partial charge in [0.15, 0.2) is 0 Å². The lowest BCUT2D eigenvalue weighted by Gasteiger charge is -2.24. The molecule has 0 unspecified atom stereocenters. The van der Waals surface area contributed by atoms with Crippen LogP contribution in [-0.4, -0.2) is 22.6 Å². The summed E-state index contributed by atoms with van der Waals surface area (Å²) in [7, 11) is 0. The van der Waals surface area contributed by atoms with Crippen LogP contribution in [0.25, 0.3) is 0 Å². The number of nitrogens with one attached hydrogen (secondary N) is 1. The van der Waals surface area contributed by atoms with Gasteiger partial charge in [0.25, 0.3) is 0 Å². The van der Waals surface area contributed by atoms with Gasteiger partial charge in [0, 0.05) is 4.83 Å². The topological polar surface area (TPSA) is 38.3 Å². The molecule has 1 N–H and O–H groups in total. The highest BCUT2D eigenvalue weighted by Gasteiger charge is 2.20. The predicted molar refractivity (Wildman–Crippen MR) is 64.2 cm³/mol. The minimum Gasteiger partial charge on any atom is -0.444 e. The number of amides is 1. The highest BCUT2D eigenvalue weighted by molar-refractivity contribution is 9.09. The molecule has 1 aliphatic carbocycles. The van der Waals surface area contributed by atoms with Crippen molar-refractivity contribution in [3.8, 4) is 0 Å². The van der Waals surface area contributed by atoms with Crippen LogP contribution in [-0.2, 0) is 4.74 Å². The number of rotatable bonds is 1. The van der Waals surface area contributed by atoms with Crippen molar-refractivity contribution in [1.29, 1.82) is 0 Å². The minimum atomic E-state index is -0.430. The van der Waals surface area contributed by atoms with Gasteiger partial charge in [0.2, 0.25) is 0 Å². The van der Waals surface area contributed by atoms with Crippen LogP contribution >= 0.6 is 15.9 Å². The average Bonchev–Trinajstić information content (AvgIpc) is 2.05. The summed E-state index contributed by atoms with van der Waals surface area (Å²) < 4.78 is 5.17. The highest BCUT2D eigenvalue weighted by Crippen LogP contribution is 2.18. The molecule has 0 radical (unpaired) electrons. The molecule has 15 heavy (non-hydrogen) atoms. The summed E-state index contributed by atoms with van der Waals surface area (Å²) in [6, 6.07) is 0.105. The Kier molecular flexibility index (Phi) is 4.20.